The van der Waals surface area contributed by atoms with E-state index in [1.807, 2.05) is 30.3 Å². The van der Waals surface area contributed by atoms with Crippen molar-refractivity contribution in [3.63, 3.8) is 0 Å². The molecule has 0 fully saturated rings. The minimum absolute atomic E-state index is 0.349. The van der Waals surface area contributed by atoms with Crippen molar-refractivity contribution < 1.29 is 14.2 Å². The van der Waals surface area contributed by atoms with Crippen molar-refractivity contribution >= 4 is 0 Å². The van der Waals surface area contributed by atoms with Crippen LogP contribution in [0.3, 0.4) is 0 Å². The summed E-state index contributed by atoms with van der Waals surface area (Å²) in [6.45, 7) is 2.04. The minimum Gasteiger partial charge on any atom is -0.497 e. The van der Waals surface area contributed by atoms with E-state index < -0.39 is 0 Å². The molecule has 0 N–H and O–H groups in total. The molecule has 4 heteroatoms. The van der Waals surface area contributed by atoms with Crippen LogP contribution in [0.25, 0.3) is 0 Å². The number of nitrogens with zero attached hydrogens (tertiary/aromatic N) is 1. The van der Waals surface area contributed by atoms with E-state index in [2.05, 4.69) is 35.2 Å². The van der Waals surface area contributed by atoms with Gasteiger partial charge in [0.25, 0.3) is 0 Å². The Morgan fingerprint density at radius 2 is 1.66 bits per heavy atom. The number of para-hydroxylation sites is 1. The van der Waals surface area contributed by atoms with E-state index in [-0.39, 0.29) is 0 Å². The van der Waals surface area contributed by atoms with Crippen LogP contribution in [0.2, 0.25) is 0 Å². The van der Waals surface area contributed by atoms with E-state index in [1.165, 1.54) is 22.3 Å². The van der Waals surface area contributed by atoms with Gasteiger partial charge in [-0.2, -0.15) is 0 Å². The highest BCUT2D eigenvalue weighted by Gasteiger charge is 2.33. The lowest BCUT2D eigenvalue weighted by molar-refractivity contribution is 0.160. The Kier molecular flexibility index (Phi) is 4.64. The molecule has 2 heterocycles. The molecule has 4 nitrogen and oxygen atoms in total. The summed E-state index contributed by atoms with van der Waals surface area (Å²) >= 11 is 0. The summed E-state index contributed by atoms with van der Waals surface area (Å²) < 4.78 is 17.3. The van der Waals surface area contributed by atoms with Gasteiger partial charge < -0.3 is 14.2 Å². The van der Waals surface area contributed by atoms with E-state index in [0.717, 1.165) is 48.9 Å². The van der Waals surface area contributed by atoms with Crippen LogP contribution in [0.5, 0.6) is 23.0 Å². The Morgan fingerprint density at radius 3 is 2.45 bits per heavy atom. The van der Waals surface area contributed by atoms with Crippen LogP contribution in [-0.4, -0.2) is 25.7 Å². The SMILES string of the molecule is COc1ccc2c(c1)C[C@H]1c3cc(Oc4ccccc4)c(OC)cc3CCN1C2. The normalized spacial score (nSPS) is 17.7. The van der Waals surface area contributed by atoms with E-state index in [4.69, 9.17) is 14.2 Å². The largest absolute Gasteiger partial charge is 0.497 e. The van der Waals surface area contributed by atoms with Crippen LogP contribution < -0.4 is 14.2 Å². The number of ether oxygens (including phenoxy) is 3. The molecule has 0 amide bonds. The van der Waals surface area contributed by atoms with Crippen molar-refractivity contribution in [2.24, 2.45) is 0 Å². The lowest BCUT2D eigenvalue weighted by Crippen LogP contribution is -2.39. The molecule has 148 valence electrons. The zero-order valence-electron chi connectivity index (χ0n) is 16.9. The van der Waals surface area contributed by atoms with Crippen molar-refractivity contribution in [1.82, 2.24) is 4.90 Å². The van der Waals surface area contributed by atoms with Gasteiger partial charge in [-0.3, -0.25) is 4.90 Å². The Morgan fingerprint density at radius 1 is 0.793 bits per heavy atom. The first-order valence-corrected chi connectivity index (χ1v) is 10.1. The first-order valence-electron chi connectivity index (χ1n) is 10.1. The van der Waals surface area contributed by atoms with Gasteiger partial charge in [-0.15, -0.1) is 0 Å². The molecule has 0 bridgehead atoms. The fourth-order valence-corrected chi connectivity index (χ4v) is 4.54. The number of rotatable bonds is 4. The molecule has 29 heavy (non-hydrogen) atoms. The summed E-state index contributed by atoms with van der Waals surface area (Å²) in [5.41, 5.74) is 5.48. The Bertz CT molecular complexity index is 1030. The third-order valence-corrected chi connectivity index (χ3v) is 6.06. The fraction of sp³-hybridized carbons (Fsp3) is 0.280. The molecule has 0 unspecified atom stereocenters. The zero-order chi connectivity index (χ0) is 19.8. The standard InChI is InChI=1S/C25H25NO3/c1-27-21-9-8-18-16-26-11-10-17-14-24(28-2)25(29-20-6-4-3-5-7-20)15-22(17)23(26)13-19(18)12-21/h3-9,12,14-15,23H,10-11,13,16H2,1-2H3/t23-/m0/s1. The molecule has 3 aromatic rings. The minimum atomic E-state index is 0.349. The monoisotopic (exact) mass is 387 g/mol. The molecule has 2 aliphatic heterocycles. The highest BCUT2D eigenvalue weighted by atomic mass is 16.5. The van der Waals surface area contributed by atoms with Crippen molar-refractivity contribution in [2.75, 3.05) is 20.8 Å². The molecule has 3 aromatic carbocycles. The molecule has 0 aromatic heterocycles. The van der Waals surface area contributed by atoms with Gasteiger partial charge in [0, 0.05) is 19.1 Å². The van der Waals surface area contributed by atoms with Crippen LogP contribution in [0.1, 0.15) is 28.3 Å². The average molecular weight is 387 g/mol. The summed E-state index contributed by atoms with van der Waals surface area (Å²) in [4.78, 5) is 2.58. The molecule has 2 aliphatic rings. The number of hydrogen-bond donors (Lipinski definition) is 0. The lowest BCUT2D eigenvalue weighted by Gasteiger charge is -2.41. The smallest absolute Gasteiger partial charge is 0.169 e. The Hall–Kier alpha value is -2.98. The molecule has 1 atom stereocenters. The third kappa shape index (κ3) is 3.34. The number of methoxy groups -OCH3 is 2. The molecule has 0 saturated heterocycles. The summed E-state index contributed by atoms with van der Waals surface area (Å²) in [6.07, 6.45) is 2.01. The fourth-order valence-electron chi connectivity index (χ4n) is 4.54. The predicted molar refractivity (Wildman–Crippen MR) is 113 cm³/mol. The summed E-state index contributed by atoms with van der Waals surface area (Å²) in [5, 5.41) is 0. The summed E-state index contributed by atoms with van der Waals surface area (Å²) in [6, 6.07) is 21.0. The second-order valence-electron chi connectivity index (χ2n) is 7.69. The van der Waals surface area contributed by atoms with Crippen LogP contribution >= 0.6 is 0 Å². The Labute approximate surface area is 171 Å². The number of hydrogen-bond acceptors (Lipinski definition) is 4. The Balaban J connectivity index is 1.53. The van der Waals surface area contributed by atoms with Gasteiger partial charge in [-0.05, 0) is 71.5 Å². The molecule has 0 saturated carbocycles. The second-order valence-corrected chi connectivity index (χ2v) is 7.69. The summed E-state index contributed by atoms with van der Waals surface area (Å²) in [7, 11) is 3.43. The van der Waals surface area contributed by atoms with Gasteiger partial charge in [0.2, 0.25) is 0 Å². The molecule has 0 aliphatic carbocycles. The maximum atomic E-state index is 6.19. The van der Waals surface area contributed by atoms with Crippen LogP contribution in [-0.2, 0) is 19.4 Å². The van der Waals surface area contributed by atoms with Crippen molar-refractivity contribution in [1.29, 1.82) is 0 Å². The third-order valence-electron chi connectivity index (χ3n) is 6.06. The maximum Gasteiger partial charge on any atom is 0.169 e. The molecule has 0 radical (unpaired) electrons. The van der Waals surface area contributed by atoms with E-state index in [9.17, 15) is 0 Å². The van der Waals surface area contributed by atoms with Gasteiger partial charge in [0.1, 0.15) is 11.5 Å². The van der Waals surface area contributed by atoms with Gasteiger partial charge in [-0.25, -0.2) is 0 Å². The highest BCUT2D eigenvalue weighted by molar-refractivity contribution is 5.52. The van der Waals surface area contributed by atoms with Crippen LogP contribution in [0.4, 0.5) is 0 Å². The van der Waals surface area contributed by atoms with Crippen molar-refractivity contribution in [2.45, 2.75) is 25.4 Å². The molecular formula is C25H25NO3. The van der Waals surface area contributed by atoms with Gasteiger partial charge in [0.05, 0.1) is 14.2 Å². The first-order chi connectivity index (χ1) is 14.2. The molecule has 5 rings (SSSR count). The first kappa shape index (κ1) is 18.1. The van der Waals surface area contributed by atoms with Crippen LogP contribution in [0.15, 0.2) is 60.7 Å². The van der Waals surface area contributed by atoms with Gasteiger partial charge in [-0.1, -0.05) is 24.3 Å². The molecular weight excluding hydrogens is 362 g/mol. The lowest BCUT2D eigenvalue weighted by atomic mass is 9.84. The van der Waals surface area contributed by atoms with Crippen molar-refractivity contribution in [3.8, 4) is 23.0 Å². The van der Waals surface area contributed by atoms with Crippen LogP contribution in [0, 0.1) is 0 Å². The number of benzene rings is 3. The van der Waals surface area contributed by atoms with E-state index in [1.54, 1.807) is 14.2 Å². The molecule has 0 spiro atoms. The van der Waals surface area contributed by atoms with E-state index >= 15 is 0 Å². The summed E-state index contributed by atoms with van der Waals surface area (Å²) in [5.74, 6) is 3.31. The zero-order valence-corrected chi connectivity index (χ0v) is 16.9. The van der Waals surface area contributed by atoms with Crippen molar-refractivity contribution in [3.05, 3.63) is 82.9 Å². The second kappa shape index (κ2) is 7.45. The van der Waals surface area contributed by atoms with Gasteiger partial charge in [0.15, 0.2) is 11.5 Å². The van der Waals surface area contributed by atoms with Gasteiger partial charge >= 0.3 is 0 Å². The maximum absolute atomic E-state index is 6.19. The predicted octanol–water partition coefficient (Wildman–Crippen LogP) is 5.15. The van der Waals surface area contributed by atoms with E-state index in [0.29, 0.717) is 6.04 Å². The number of fused-ring (bicyclic) bond motifs is 4. The average Bonchev–Trinajstić information content (AvgIpc) is 2.77. The highest BCUT2D eigenvalue weighted by Crippen LogP contribution is 2.43. The topological polar surface area (TPSA) is 30.9 Å². The quantitative estimate of drug-likeness (QED) is 0.619.